The van der Waals surface area contributed by atoms with Crippen LogP contribution < -0.4 is 16.0 Å². The maximum atomic E-state index is 13.3. The SMILES string of the molecule is Cn1cc(Nc2ncc(C3CN(c4nc5ccc(CC(=O)N6CCC[C@@H]6C(F)(F)F)cc5o4)C3)nc2C(N)=O)cn1. The summed E-state index contributed by atoms with van der Waals surface area (Å²) < 4.78 is 47.3. The van der Waals surface area contributed by atoms with Crippen LogP contribution in [-0.2, 0) is 18.3 Å². The van der Waals surface area contributed by atoms with Crippen molar-refractivity contribution in [3.05, 3.63) is 53.7 Å². The van der Waals surface area contributed by atoms with Crippen molar-refractivity contribution in [3.63, 3.8) is 0 Å². The zero-order chi connectivity index (χ0) is 28.9. The quantitative estimate of drug-likeness (QED) is 0.343. The molecule has 6 rings (SSSR count). The Balaban J connectivity index is 1.12. The molecule has 0 saturated carbocycles. The Morgan fingerprint density at radius 1 is 1.20 bits per heavy atom. The van der Waals surface area contributed by atoms with Crippen molar-refractivity contribution in [2.24, 2.45) is 12.8 Å². The standard InChI is InChI=1S/C26H26F3N9O3/c1-36-13-16(9-32-36)33-24-22(23(30)40)34-18(10-31-24)15-11-37(12-15)25-35-17-5-4-14(7-19(17)41-25)8-21(39)38-6-2-3-20(38)26(27,28)29/h4-5,7,9-10,13,15,20H,2-3,6,8,11-12H2,1H3,(H2,30,40)(H,31,33)/t20-/m1/s1. The van der Waals surface area contributed by atoms with Gasteiger partial charge in [-0.25, -0.2) is 9.97 Å². The minimum Gasteiger partial charge on any atom is -0.423 e. The number of nitrogens with one attached hydrogen (secondary N) is 1. The van der Waals surface area contributed by atoms with Gasteiger partial charge in [0.1, 0.15) is 11.6 Å². The van der Waals surface area contributed by atoms with Crippen molar-refractivity contribution >= 4 is 40.4 Å². The number of hydrogen-bond acceptors (Lipinski definition) is 9. The van der Waals surface area contributed by atoms with Gasteiger partial charge in [0.2, 0.25) is 5.91 Å². The summed E-state index contributed by atoms with van der Waals surface area (Å²) in [4.78, 5) is 40.8. The zero-order valence-electron chi connectivity index (χ0n) is 21.9. The zero-order valence-corrected chi connectivity index (χ0v) is 21.9. The van der Waals surface area contributed by atoms with Gasteiger partial charge in [0.05, 0.1) is 30.2 Å². The van der Waals surface area contributed by atoms with E-state index in [0.717, 1.165) is 4.90 Å². The summed E-state index contributed by atoms with van der Waals surface area (Å²) in [6, 6.07) is 3.64. The molecule has 15 heteroatoms. The third-order valence-corrected chi connectivity index (χ3v) is 7.31. The van der Waals surface area contributed by atoms with Crippen molar-refractivity contribution in [2.75, 3.05) is 29.9 Å². The Morgan fingerprint density at radius 2 is 2.00 bits per heavy atom. The molecule has 2 aliphatic rings. The number of nitrogens with zero attached hydrogens (tertiary/aromatic N) is 7. The number of benzene rings is 1. The molecular weight excluding hydrogens is 543 g/mol. The Morgan fingerprint density at radius 3 is 2.71 bits per heavy atom. The molecule has 1 aromatic carbocycles. The molecule has 2 amide bonds. The smallest absolute Gasteiger partial charge is 0.408 e. The highest BCUT2D eigenvalue weighted by Gasteiger charge is 2.47. The molecule has 4 aromatic rings. The van der Waals surface area contributed by atoms with Crippen LogP contribution in [0.5, 0.6) is 0 Å². The van der Waals surface area contributed by atoms with Gasteiger partial charge in [-0.3, -0.25) is 14.3 Å². The average Bonchev–Trinajstić information content (AvgIpc) is 3.63. The van der Waals surface area contributed by atoms with E-state index in [4.69, 9.17) is 10.2 Å². The van der Waals surface area contributed by atoms with Crippen LogP contribution >= 0.6 is 0 Å². The number of fused-ring (bicyclic) bond motifs is 1. The van der Waals surface area contributed by atoms with Crippen LogP contribution in [0.3, 0.4) is 0 Å². The second kappa shape index (κ2) is 10.1. The molecule has 0 spiro atoms. The maximum Gasteiger partial charge on any atom is 0.408 e. The van der Waals surface area contributed by atoms with Gasteiger partial charge in [0.15, 0.2) is 17.1 Å². The number of alkyl halides is 3. The Bertz CT molecular complexity index is 1630. The van der Waals surface area contributed by atoms with Gasteiger partial charge < -0.3 is 25.3 Å². The molecule has 41 heavy (non-hydrogen) atoms. The lowest BCUT2D eigenvalue weighted by Gasteiger charge is -2.37. The Labute approximate surface area is 231 Å². The van der Waals surface area contributed by atoms with Crippen LogP contribution in [0.2, 0.25) is 0 Å². The first kappa shape index (κ1) is 26.5. The molecule has 2 saturated heterocycles. The van der Waals surface area contributed by atoms with Crippen LogP contribution in [0.4, 0.5) is 30.7 Å². The molecule has 0 radical (unpaired) electrons. The van der Waals surface area contributed by atoms with Crippen molar-refractivity contribution in [3.8, 4) is 0 Å². The number of carbonyl (C=O) groups excluding carboxylic acids is 2. The normalized spacial score (nSPS) is 17.7. The van der Waals surface area contributed by atoms with E-state index in [2.05, 4.69) is 25.4 Å². The fraction of sp³-hybridized carbons (Fsp3) is 0.385. The average molecular weight is 570 g/mol. The van der Waals surface area contributed by atoms with E-state index in [1.54, 1.807) is 48.5 Å². The topological polar surface area (TPSA) is 148 Å². The largest absolute Gasteiger partial charge is 0.423 e. The molecular formula is C26H26F3N9O3. The molecule has 214 valence electrons. The first-order valence-corrected chi connectivity index (χ1v) is 13.0. The van der Waals surface area contributed by atoms with E-state index in [0.29, 0.717) is 53.6 Å². The maximum absolute atomic E-state index is 13.3. The van der Waals surface area contributed by atoms with Gasteiger partial charge in [-0.2, -0.15) is 23.3 Å². The molecule has 5 heterocycles. The molecule has 1 atom stereocenters. The van der Waals surface area contributed by atoms with Gasteiger partial charge in [-0.1, -0.05) is 6.07 Å². The Hall–Kier alpha value is -4.69. The molecule has 2 aliphatic heterocycles. The summed E-state index contributed by atoms with van der Waals surface area (Å²) in [6.45, 7) is 1.12. The van der Waals surface area contributed by atoms with Crippen LogP contribution in [0.15, 0.2) is 41.2 Å². The number of nitrogens with two attached hydrogens (primary N) is 1. The van der Waals surface area contributed by atoms with Crippen molar-refractivity contribution < 1.29 is 27.2 Å². The van der Waals surface area contributed by atoms with E-state index in [1.165, 1.54) is 0 Å². The third kappa shape index (κ3) is 5.26. The summed E-state index contributed by atoms with van der Waals surface area (Å²) >= 11 is 0. The number of likely N-dealkylation sites (tertiary alicyclic amines) is 1. The fourth-order valence-electron chi connectivity index (χ4n) is 5.19. The van der Waals surface area contributed by atoms with E-state index >= 15 is 0 Å². The van der Waals surface area contributed by atoms with Crippen LogP contribution in [0.25, 0.3) is 11.1 Å². The number of primary amides is 1. The minimum absolute atomic E-state index is 0.0178. The number of halogens is 3. The molecule has 0 unspecified atom stereocenters. The van der Waals surface area contributed by atoms with Crippen LogP contribution in [0.1, 0.15) is 40.5 Å². The summed E-state index contributed by atoms with van der Waals surface area (Å²) in [5, 5.41) is 7.07. The first-order chi connectivity index (χ1) is 19.5. The summed E-state index contributed by atoms with van der Waals surface area (Å²) in [7, 11) is 1.76. The number of anilines is 3. The lowest BCUT2D eigenvalue weighted by Crippen LogP contribution is -2.45. The number of amides is 2. The van der Waals surface area contributed by atoms with Crippen molar-refractivity contribution in [2.45, 2.75) is 37.4 Å². The minimum atomic E-state index is -4.43. The molecule has 3 aromatic heterocycles. The van der Waals surface area contributed by atoms with Gasteiger partial charge in [-0.15, -0.1) is 0 Å². The molecule has 2 fully saturated rings. The second-order valence-electron chi connectivity index (χ2n) is 10.2. The highest BCUT2D eigenvalue weighted by Crippen LogP contribution is 2.35. The lowest BCUT2D eigenvalue weighted by atomic mass is 9.97. The van der Waals surface area contributed by atoms with Crippen LogP contribution in [0, 0.1) is 0 Å². The van der Waals surface area contributed by atoms with E-state index < -0.39 is 24.0 Å². The number of aromatic nitrogens is 5. The van der Waals surface area contributed by atoms with Crippen LogP contribution in [-0.4, -0.2) is 73.3 Å². The molecule has 12 nitrogen and oxygen atoms in total. The number of aryl methyl sites for hydroxylation is 1. The van der Waals surface area contributed by atoms with Gasteiger partial charge in [0, 0.05) is 38.8 Å². The first-order valence-electron chi connectivity index (χ1n) is 13.0. The van der Waals surface area contributed by atoms with Gasteiger partial charge in [-0.05, 0) is 30.5 Å². The van der Waals surface area contributed by atoms with Gasteiger partial charge >= 0.3 is 6.18 Å². The van der Waals surface area contributed by atoms with Crippen molar-refractivity contribution in [1.29, 1.82) is 0 Å². The third-order valence-electron chi connectivity index (χ3n) is 7.31. The predicted octanol–water partition coefficient (Wildman–Crippen LogP) is 2.89. The summed E-state index contributed by atoms with van der Waals surface area (Å²) in [5.74, 6) is -1.09. The summed E-state index contributed by atoms with van der Waals surface area (Å²) in [6.07, 6.45) is 0.571. The lowest BCUT2D eigenvalue weighted by molar-refractivity contribution is -0.182. The van der Waals surface area contributed by atoms with E-state index in [9.17, 15) is 22.8 Å². The number of rotatable bonds is 7. The second-order valence-corrected chi connectivity index (χ2v) is 10.2. The fourth-order valence-corrected chi connectivity index (χ4v) is 5.19. The highest BCUT2D eigenvalue weighted by molar-refractivity contribution is 5.96. The molecule has 0 aliphatic carbocycles. The van der Waals surface area contributed by atoms with Gasteiger partial charge in [0.25, 0.3) is 11.9 Å². The number of oxazole rings is 1. The van der Waals surface area contributed by atoms with E-state index in [1.807, 2.05) is 4.90 Å². The number of carbonyl (C=O) groups is 2. The summed E-state index contributed by atoms with van der Waals surface area (Å²) in [5.41, 5.74) is 8.36. The molecule has 3 N–H and O–H groups in total. The number of hydrogen-bond donors (Lipinski definition) is 2. The monoisotopic (exact) mass is 569 g/mol. The highest BCUT2D eigenvalue weighted by atomic mass is 19.4. The predicted molar refractivity (Wildman–Crippen MR) is 140 cm³/mol. The van der Waals surface area contributed by atoms with Crippen molar-refractivity contribution in [1.82, 2.24) is 29.6 Å². The van der Waals surface area contributed by atoms with E-state index in [-0.39, 0.29) is 36.8 Å². The Kier molecular flexibility index (Phi) is 6.50. The molecule has 0 bridgehead atoms.